The van der Waals surface area contributed by atoms with Crippen molar-refractivity contribution in [1.29, 1.82) is 0 Å². The van der Waals surface area contributed by atoms with Crippen molar-refractivity contribution in [3.05, 3.63) is 29.3 Å². The van der Waals surface area contributed by atoms with Crippen molar-refractivity contribution >= 4 is 0 Å². The molecule has 0 saturated heterocycles. The summed E-state index contributed by atoms with van der Waals surface area (Å²) in [7, 11) is 0. The molecule has 1 aliphatic carbocycles. The van der Waals surface area contributed by atoms with Crippen LogP contribution in [0.4, 0.5) is 0 Å². The van der Waals surface area contributed by atoms with Gasteiger partial charge in [0.15, 0.2) is 0 Å². The van der Waals surface area contributed by atoms with E-state index in [-0.39, 0.29) is 0 Å². The van der Waals surface area contributed by atoms with E-state index >= 15 is 0 Å². The van der Waals surface area contributed by atoms with Crippen LogP contribution in [-0.4, -0.2) is 19.7 Å². The standard InChI is InChI=1S/C15H23NO/c1-2-9-16-10-11-17-15-8-7-13-5-3-4-6-14(13)12-15/h7-8,12,16H,2-6,9-11H2,1H3. The van der Waals surface area contributed by atoms with Crippen LogP contribution < -0.4 is 10.1 Å². The van der Waals surface area contributed by atoms with E-state index in [0.29, 0.717) is 0 Å². The number of nitrogens with one attached hydrogen (secondary N) is 1. The number of rotatable bonds is 6. The van der Waals surface area contributed by atoms with Crippen molar-refractivity contribution in [2.75, 3.05) is 19.7 Å². The topological polar surface area (TPSA) is 21.3 Å². The van der Waals surface area contributed by atoms with E-state index in [0.717, 1.165) is 25.4 Å². The highest BCUT2D eigenvalue weighted by Crippen LogP contribution is 2.25. The lowest BCUT2D eigenvalue weighted by Crippen LogP contribution is -2.21. The zero-order valence-corrected chi connectivity index (χ0v) is 10.8. The number of benzene rings is 1. The molecule has 2 rings (SSSR count). The first kappa shape index (κ1) is 12.4. The Morgan fingerprint density at radius 1 is 1.12 bits per heavy atom. The second kappa shape index (κ2) is 6.65. The van der Waals surface area contributed by atoms with Crippen molar-refractivity contribution in [2.24, 2.45) is 0 Å². The Morgan fingerprint density at radius 3 is 2.76 bits per heavy atom. The Labute approximate surface area is 104 Å². The molecule has 0 amide bonds. The first-order valence-corrected chi connectivity index (χ1v) is 6.85. The second-order valence-electron chi connectivity index (χ2n) is 4.74. The predicted molar refractivity (Wildman–Crippen MR) is 71.7 cm³/mol. The summed E-state index contributed by atoms with van der Waals surface area (Å²) in [5.74, 6) is 1.03. The third-order valence-corrected chi connectivity index (χ3v) is 3.29. The maximum absolute atomic E-state index is 5.76. The van der Waals surface area contributed by atoms with Crippen molar-refractivity contribution in [2.45, 2.75) is 39.0 Å². The number of hydrogen-bond acceptors (Lipinski definition) is 2. The van der Waals surface area contributed by atoms with Gasteiger partial charge in [0.25, 0.3) is 0 Å². The highest BCUT2D eigenvalue weighted by atomic mass is 16.5. The lowest BCUT2D eigenvalue weighted by Gasteiger charge is -2.16. The number of aryl methyl sites for hydroxylation is 2. The van der Waals surface area contributed by atoms with Gasteiger partial charge in [-0.2, -0.15) is 0 Å². The number of hydrogen-bond donors (Lipinski definition) is 1. The van der Waals surface area contributed by atoms with Crippen LogP contribution in [0.15, 0.2) is 18.2 Å². The van der Waals surface area contributed by atoms with Crippen LogP contribution in [0.5, 0.6) is 5.75 Å². The Balaban J connectivity index is 1.81. The zero-order chi connectivity index (χ0) is 11.9. The zero-order valence-electron chi connectivity index (χ0n) is 10.8. The minimum Gasteiger partial charge on any atom is -0.492 e. The molecule has 2 nitrogen and oxygen atoms in total. The molecule has 0 atom stereocenters. The lowest BCUT2D eigenvalue weighted by molar-refractivity contribution is 0.313. The Bertz CT molecular complexity index is 349. The van der Waals surface area contributed by atoms with Gasteiger partial charge in [-0.1, -0.05) is 13.0 Å². The molecule has 0 bridgehead atoms. The average Bonchev–Trinajstić information content (AvgIpc) is 2.38. The summed E-state index contributed by atoms with van der Waals surface area (Å²) >= 11 is 0. The molecule has 94 valence electrons. The summed E-state index contributed by atoms with van der Waals surface area (Å²) in [6.07, 6.45) is 6.32. The van der Waals surface area contributed by atoms with E-state index in [4.69, 9.17) is 4.74 Å². The largest absolute Gasteiger partial charge is 0.492 e. The lowest BCUT2D eigenvalue weighted by atomic mass is 9.92. The normalized spacial score (nSPS) is 14.4. The maximum Gasteiger partial charge on any atom is 0.119 e. The Hall–Kier alpha value is -1.02. The molecule has 17 heavy (non-hydrogen) atoms. The van der Waals surface area contributed by atoms with Crippen LogP contribution in [0.25, 0.3) is 0 Å². The second-order valence-corrected chi connectivity index (χ2v) is 4.74. The van der Waals surface area contributed by atoms with Gasteiger partial charge < -0.3 is 10.1 Å². The van der Waals surface area contributed by atoms with Gasteiger partial charge in [0.1, 0.15) is 12.4 Å². The fraction of sp³-hybridized carbons (Fsp3) is 0.600. The van der Waals surface area contributed by atoms with E-state index in [9.17, 15) is 0 Å². The molecule has 0 unspecified atom stereocenters. The van der Waals surface area contributed by atoms with E-state index in [1.54, 1.807) is 0 Å². The summed E-state index contributed by atoms with van der Waals surface area (Å²) in [5, 5.41) is 3.34. The molecule has 0 aromatic heterocycles. The first-order valence-electron chi connectivity index (χ1n) is 6.85. The molecular weight excluding hydrogens is 210 g/mol. The summed E-state index contributed by atoms with van der Waals surface area (Å²) in [6.45, 7) is 4.95. The smallest absolute Gasteiger partial charge is 0.119 e. The first-order chi connectivity index (χ1) is 8.40. The van der Waals surface area contributed by atoms with Crippen molar-refractivity contribution in [3.8, 4) is 5.75 Å². The Kier molecular flexibility index (Phi) is 4.87. The fourth-order valence-corrected chi connectivity index (χ4v) is 2.34. The molecule has 0 radical (unpaired) electrons. The van der Waals surface area contributed by atoms with Crippen LogP contribution in [0.2, 0.25) is 0 Å². The van der Waals surface area contributed by atoms with Crippen LogP contribution in [0.3, 0.4) is 0 Å². The molecule has 0 heterocycles. The third-order valence-electron chi connectivity index (χ3n) is 3.29. The van der Waals surface area contributed by atoms with Gasteiger partial charge in [0.05, 0.1) is 0 Å². The Morgan fingerprint density at radius 2 is 1.94 bits per heavy atom. The van der Waals surface area contributed by atoms with Gasteiger partial charge in [-0.05, 0) is 61.9 Å². The number of ether oxygens (including phenoxy) is 1. The van der Waals surface area contributed by atoms with E-state index in [1.165, 1.54) is 43.2 Å². The molecule has 0 saturated carbocycles. The average molecular weight is 233 g/mol. The third kappa shape index (κ3) is 3.74. The fourth-order valence-electron chi connectivity index (χ4n) is 2.34. The van der Waals surface area contributed by atoms with Gasteiger partial charge >= 0.3 is 0 Å². The van der Waals surface area contributed by atoms with Gasteiger partial charge in [0.2, 0.25) is 0 Å². The van der Waals surface area contributed by atoms with Gasteiger partial charge in [-0.15, -0.1) is 0 Å². The quantitative estimate of drug-likeness (QED) is 0.763. The summed E-state index contributed by atoms with van der Waals surface area (Å²) < 4.78 is 5.76. The highest BCUT2D eigenvalue weighted by Gasteiger charge is 2.09. The molecular formula is C15H23NO. The molecule has 1 aromatic carbocycles. The monoisotopic (exact) mass is 233 g/mol. The minimum atomic E-state index is 0.763. The minimum absolute atomic E-state index is 0.763. The molecule has 0 fully saturated rings. The van der Waals surface area contributed by atoms with Crippen LogP contribution >= 0.6 is 0 Å². The van der Waals surface area contributed by atoms with E-state index in [2.05, 4.69) is 30.4 Å². The maximum atomic E-state index is 5.76. The molecule has 2 heteroatoms. The van der Waals surface area contributed by atoms with E-state index < -0.39 is 0 Å². The van der Waals surface area contributed by atoms with Crippen LogP contribution in [-0.2, 0) is 12.8 Å². The summed E-state index contributed by atoms with van der Waals surface area (Å²) in [5.41, 5.74) is 3.02. The van der Waals surface area contributed by atoms with Gasteiger partial charge in [0, 0.05) is 6.54 Å². The van der Waals surface area contributed by atoms with Crippen LogP contribution in [0, 0.1) is 0 Å². The molecule has 0 aliphatic heterocycles. The van der Waals surface area contributed by atoms with E-state index in [1.807, 2.05) is 0 Å². The van der Waals surface area contributed by atoms with Gasteiger partial charge in [-0.25, -0.2) is 0 Å². The molecule has 0 spiro atoms. The summed E-state index contributed by atoms with van der Waals surface area (Å²) in [4.78, 5) is 0. The molecule has 1 aliphatic rings. The predicted octanol–water partition coefficient (Wildman–Crippen LogP) is 2.94. The molecule has 1 aromatic rings. The van der Waals surface area contributed by atoms with Crippen molar-refractivity contribution < 1.29 is 4.74 Å². The summed E-state index contributed by atoms with van der Waals surface area (Å²) in [6, 6.07) is 6.58. The van der Waals surface area contributed by atoms with Crippen molar-refractivity contribution in [3.63, 3.8) is 0 Å². The number of fused-ring (bicyclic) bond motifs is 1. The highest BCUT2D eigenvalue weighted by molar-refractivity contribution is 5.37. The van der Waals surface area contributed by atoms with Crippen LogP contribution in [0.1, 0.15) is 37.3 Å². The van der Waals surface area contributed by atoms with Crippen molar-refractivity contribution in [1.82, 2.24) is 5.32 Å². The SMILES string of the molecule is CCCNCCOc1ccc2c(c1)CCCC2. The van der Waals surface area contributed by atoms with Gasteiger partial charge in [-0.3, -0.25) is 0 Å². The molecule has 1 N–H and O–H groups in total.